The predicted octanol–water partition coefficient (Wildman–Crippen LogP) is 3.81. The molecule has 0 saturated carbocycles. The Morgan fingerprint density at radius 3 is 2.33 bits per heavy atom. The van der Waals surface area contributed by atoms with Crippen molar-refractivity contribution in [1.82, 2.24) is 5.32 Å². The van der Waals surface area contributed by atoms with Gasteiger partial charge in [0.15, 0.2) is 0 Å². The van der Waals surface area contributed by atoms with Gasteiger partial charge in [-0.05, 0) is 17.7 Å². The van der Waals surface area contributed by atoms with Crippen molar-refractivity contribution < 1.29 is 9.47 Å². The van der Waals surface area contributed by atoms with Gasteiger partial charge in [-0.3, -0.25) is 0 Å². The van der Waals surface area contributed by atoms with Crippen molar-refractivity contribution in [1.29, 1.82) is 0 Å². The number of ether oxygens (including phenoxy) is 2. The summed E-state index contributed by atoms with van der Waals surface area (Å²) in [5, 5.41) is 3.44. The van der Waals surface area contributed by atoms with Crippen molar-refractivity contribution >= 4 is 0 Å². The topological polar surface area (TPSA) is 30.5 Å². The molecule has 0 aliphatic heterocycles. The average molecular weight is 285 g/mol. The second-order valence-electron chi connectivity index (χ2n) is 5.26. The van der Waals surface area contributed by atoms with Gasteiger partial charge < -0.3 is 14.8 Å². The first-order valence-electron chi connectivity index (χ1n) is 7.28. The average Bonchev–Trinajstić information content (AvgIpc) is 2.52. The minimum absolute atomic E-state index is 0.0271. The number of hydrogen-bond donors (Lipinski definition) is 1. The molecule has 0 amide bonds. The van der Waals surface area contributed by atoms with Gasteiger partial charge in [0.25, 0.3) is 0 Å². The van der Waals surface area contributed by atoms with E-state index in [0.717, 1.165) is 23.6 Å². The second kappa shape index (κ2) is 7.70. The first-order chi connectivity index (χ1) is 10.2. The standard InChI is InChI=1S/C18H23NO2/c1-14(2)19-13-18(15-8-5-4-6-9-15)21-17-11-7-10-16(12-17)20-3/h4-12,14,18-19H,13H2,1-3H3. The molecule has 0 bridgehead atoms. The third-order valence-electron chi connectivity index (χ3n) is 3.20. The summed E-state index contributed by atoms with van der Waals surface area (Å²) in [6, 6.07) is 18.4. The third kappa shape index (κ3) is 4.80. The lowest BCUT2D eigenvalue weighted by Gasteiger charge is -2.21. The van der Waals surface area contributed by atoms with Gasteiger partial charge in [-0.1, -0.05) is 50.2 Å². The van der Waals surface area contributed by atoms with Gasteiger partial charge in [0.05, 0.1) is 7.11 Å². The first kappa shape index (κ1) is 15.4. The van der Waals surface area contributed by atoms with Crippen LogP contribution in [0.3, 0.4) is 0 Å². The fraction of sp³-hybridized carbons (Fsp3) is 0.333. The molecule has 0 aliphatic carbocycles. The van der Waals surface area contributed by atoms with Crippen molar-refractivity contribution in [2.75, 3.05) is 13.7 Å². The van der Waals surface area contributed by atoms with E-state index in [-0.39, 0.29) is 6.10 Å². The molecule has 0 spiro atoms. The molecule has 2 aromatic carbocycles. The van der Waals surface area contributed by atoms with Crippen LogP contribution in [0.5, 0.6) is 11.5 Å². The predicted molar refractivity (Wildman–Crippen MR) is 85.9 cm³/mol. The number of hydrogen-bond acceptors (Lipinski definition) is 3. The van der Waals surface area contributed by atoms with E-state index < -0.39 is 0 Å². The zero-order chi connectivity index (χ0) is 15.1. The molecule has 21 heavy (non-hydrogen) atoms. The van der Waals surface area contributed by atoms with Crippen LogP contribution in [0.15, 0.2) is 54.6 Å². The lowest BCUT2D eigenvalue weighted by Crippen LogP contribution is -2.30. The summed E-state index contributed by atoms with van der Waals surface area (Å²) in [6.07, 6.45) is -0.0271. The van der Waals surface area contributed by atoms with Crippen molar-refractivity contribution in [3.8, 4) is 11.5 Å². The highest BCUT2D eigenvalue weighted by molar-refractivity contribution is 5.33. The van der Waals surface area contributed by atoms with Gasteiger partial charge in [-0.15, -0.1) is 0 Å². The Morgan fingerprint density at radius 2 is 1.67 bits per heavy atom. The van der Waals surface area contributed by atoms with Crippen LogP contribution >= 0.6 is 0 Å². The zero-order valence-electron chi connectivity index (χ0n) is 12.9. The van der Waals surface area contributed by atoms with E-state index in [1.54, 1.807) is 7.11 Å². The molecule has 1 N–H and O–H groups in total. The Morgan fingerprint density at radius 1 is 0.952 bits per heavy atom. The summed E-state index contributed by atoms with van der Waals surface area (Å²) < 4.78 is 11.4. The van der Waals surface area contributed by atoms with Crippen LogP contribution in [-0.2, 0) is 0 Å². The highest BCUT2D eigenvalue weighted by atomic mass is 16.5. The summed E-state index contributed by atoms with van der Waals surface area (Å²) in [5.74, 6) is 1.62. The molecule has 3 nitrogen and oxygen atoms in total. The molecule has 1 unspecified atom stereocenters. The third-order valence-corrected chi connectivity index (χ3v) is 3.20. The van der Waals surface area contributed by atoms with E-state index in [9.17, 15) is 0 Å². The van der Waals surface area contributed by atoms with Crippen molar-refractivity contribution in [3.05, 3.63) is 60.2 Å². The number of methoxy groups -OCH3 is 1. The fourth-order valence-electron chi connectivity index (χ4n) is 2.08. The zero-order valence-corrected chi connectivity index (χ0v) is 12.9. The van der Waals surface area contributed by atoms with E-state index in [1.165, 1.54) is 0 Å². The quantitative estimate of drug-likeness (QED) is 0.839. The Hall–Kier alpha value is -2.00. The summed E-state index contributed by atoms with van der Waals surface area (Å²) in [6.45, 7) is 5.03. The van der Waals surface area contributed by atoms with Gasteiger partial charge in [0, 0.05) is 18.7 Å². The normalized spacial score (nSPS) is 12.2. The van der Waals surface area contributed by atoms with Crippen molar-refractivity contribution in [2.45, 2.75) is 26.0 Å². The second-order valence-corrected chi connectivity index (χ2v) is 5.26. The van der Waals surface area contributed by atoms with Crippen LogP contribution in [0.4, 0.5) is 0 Å². The van der Waals surface area contributed by atoms with Gasteiger partial charge in [-0.25, -0.2) is 0 Å². The van der Waals surface area contributed by atoms with Crippen LogP contribution in [-0.4, -0.2) is 19.7 Å². The molecule has 1 atom stereocenters. The highest BCUT2D eigenvalue weighted by Gasteiger charge is 2.14. The molecular formula is C18H23NO2. The lowest BCUT2D eigenvalue weighted by atomic mass is 10.1. The smallest absolute Gasteiger partial charge is 0.136 e. The summed E-state index contributed by atoms with van der Waals surface area (Å²) in [5.41, 5.74) is 1.16. The fourth-order valence-corrected chi connectivity index (χ4v) is 2.08. The minimum atomic E-state index is -0.0271. The molecule has 2 rings (SSSR count). The highest BCUT2D eigenvalue weighted by Crippen LogP contribution is 2.25. The Labute approximate surface area is 126 Å². The van der Waals surface area contributed by atoms with Gasteiger partial charge in [0.1, 0.15) is 17.6 Å². The van der Waals surface area contributed by atoms with Crippen LogP contribution in [0.25, 0.3) is 0 Å². The lowest BCUT2D eigenvalue weighted by molar-refractivity contribution is 0.197. The van der Waals surface area contributed by atoms with Crippen LogP contribution in [0.2, 0.25) is 0 Å². The Kier molecular flexibility index (Phi) is 5.64. The number of rotatable bonds is 7. The first-order valence-corrected chi connectivity index (χ1v) is 7.28. The molecule has 3 heteroatoms. The Balaban J connectivity index is 2.15. The molecule has 2 aromatic rings. The summed E-state index contributed by atoms with van der Waals surface area (Å²) in [7, 11) is 1.66. The molecule has 112 valence electrons. The molecule has 0 heterocycles. The molecule has 0 aliphatic rings. The summed E-state index contributed by atoms with van der Waals surface area (Å²) >= 11 is 0. The molecule has 0 saturated heterocycles. The Bertz CT molecular complexity index is 540. The van der Waals surface area contributed by atoms with E-state index in [4.69, 9.17) is 9.47 Å². The molecular weight excluding hydrogens is 262 g/mol. The van der Waals surface area contributed by atoms with Gasteiger partial charge in [-0.2, -0.15) is 0 Å². The number of nitrogens with one attached hydrogen (secondary N) is 1. The monoisotopic (exact) mass is 285 g/mol. The maximum absolute atomic E-state index is 6.15. The number of benzene rings is 2. The minimum Gasteiger partial charge on any atom is -0.497 e. The maximum atomic E-state index is 6.15. The van der Waals surface area contributed by atoms with Crippen LogP contribution in [0.1, 0.15) is 25.5 Å². The van der Waals surface area contributed by atoms with Crippen molar-refractivity contribution in [3.63, 3.8) is 0 Å². The van der Waals surface area contributed by atoms with Crippen LogP contribution < -0.4 is 14.8 Å². The van der Waals surface area contributed by atoms with E-state index in [1.807, 2.05) is 42.5 Å². The van der Waals surface area contributed by atoms with Gasteiger partial charge >= 0.3 is 0 Å². The van der Waals surface area contributed by atoms with E-state index >= 15 is 0 Å². The van der Waals surface area contributed by atoms with E-state index in [0.29, 0.717) is 6.04 Å². The van der Waals surface area contributed by atoms with Crippen molar-refractivity contribution in [2.24, 2.45) is 0 Å². The van der Waals surface area contributed by atoms with Gasteiger partial charge in [0.2, 0.25) is 0 Å². The molecule has 0 aromatic heterocycles. The SMILES string of the molecule is COc1cccc(OC(CNC(C)C)c2ccccc2)c1. The molecule has 0 fully saturated rings. The summed E-state index contributed by atoms with van der Waals surface area (Å²) in [4.78, 5) is 0. The van der Waals surface area contributed by atoms with Crippen LogP contribution in [0, 0.1) is 0 Å². The maximum Gasteiger partial charge on any atom is 0.136 e. The largest absolute Gasteiger partial charge is 0.497 e. The molecule has 0 radical (unpaired) electrons. The van der Waals surface area contributed by atoms with E-state index in [2.05, 4.69) is 31.3 Å².